The third-order valence-corrected chi connectivity index (χ3v) is 4.29. The lowest BCUT2D eigenvalue weighted by atomic mass is 10.0. The van der Waals surface area contributed by atoms with Crippen molar-refractivity contribution in [3.05, 3.63) is 70.7 Å². The Morgan fingerprint density at radius 2 is 1.73 bits per heavy atom. The maximum atomic E-state index is 12.6. The topological polar surface area (TPSA) is 84.2 Å². The second-order valence-electron chi connectivity index (χ2n) is 6.31. The average Bonchev–Trinajstić information content (AvgIpc) is 2.66. The fraction of sp³-hybridized carbons (Fsp3) is 0.300. The molecule has 0 aromatic heterocycles. The van der Waals surface area contributed by atoms with Crippen LogP contribution in [0.15, 0.2) is 54.6 Å². The molecule has 0 bridgehead atoms. The molecule has 26 heavy (non-hydrogen) atoms. The van der Waals surface area contributed by atoms with E-state index < -0.39 is 6.04 Å². The van der Waals surface area contributed by atoms with Crippen LogP contribution in [0, 0.1) is 5.92 Å². The molecule has 0 aliphatic rings. The minimum Gasteiger partial charge on any atom is -0.354 e. The molecule has 2 unspecified atom stereocenters. The van der Waals surface area contributed by atoms with Gasteiger partial charge in [0.15, 0.2) is 0 Å². The molecule has 0 aliphatic heterocycles. The molecule has 2 rings (SSSR count). The Labute approximate surface area is 158 Å². The predicted octanol–water partition coefficient (Wildman–Crippen LogP) is 2.39. The van der Waals surface area contributed by atoms with Crippen molar-refractivity contribution in [3.8, 4) is 0 Å². The molecule has 5 nitrogen and oxygen atoms in total. The molecule has 0 saturated heterocycles. The van der Waals surface area contributed by atoms with Crippen molar-refractivity contribution < 1.29 is 9.59 Å². The molecule has 0 radical (unpaired) electrons. The van der Waals surface area contributed by atoms with Crippen LogP contribution in [0.2, 0.25) is 5.02 Å². The number of carbonyl (C=O) groups is 2. The normalized spacial score (nSPS) is 12.9. The minimum atomic E-state index is -0.675. The first-order valence-corrected chi connectivity index (χ1v) is 8.95. The van der Waals surface area contributed by atoms with Crippen molar-refractivity contribution in [2.45, 2.75) is 19.4 Å². The Morgan fingerprint density at radius 3 is 2.35 bits per heavy atom. The Kier molecular flexibility index (Phi) is 7.63. The quantitative estimate of drug-likeness (QED) is 0.664. The average molecular weight is 374 g/mol. The number of nitrogens with two attached hydrogens (primary N) is 1. The monoisotopic (exact) mass is 373 g/mol. The van der Waals surface area contributed by atoms with Gasteiger partial charge in [-0.05, 0) is 42.3 Å². The molecule has 6 heteroatoms. The fourth-order valence-electron chi connectivity index (χ4n) is 2.38. The Hall–Kier alpha value is -2.37. The highest BCUT2D eigenvalue weighted by atomic mass is 35.5. The van der Waals surface area contributed by atoms with Gasteiger partial charge in [-0.3, -0.25) is 9.59 Å². The van der Waals surface area contributed by atoms with Crippen LogP contribution in [0.25, 0.3) is 0 Å². The van der Waals surface area contributed by atoms with Gasteiger partial charge in [-0.1, -0.05) is 48.9 Å². The van der Waals surface area contributed by atoms with E-state index >= 15 is 0 Å². The van der Waals surface area contributed by atoms with Gasteiger partial charge in [0.25, 0.3) is 5.91 Å². The van der Waals surface area contributed by atoms with Crippen LogP contribution in [0.3, 0.4) is 0 Å². The summed E-state index contributed by atoms with van der Waals surface area (Å²) in [5, 5.41) is 6.23. The van der Waals surface area contributed by atoms with E-state index in [-0.39, 0.29) is 17.7 Å². The van der Waals surface area contributed by atoms with Crippen LogP contribution < -0.4 is 16.4 Å². The van der Waals surface area contributed by atoms with E-state index in [4.69, 9.17) is 17.3 Å². The lowest BCUT2D eigenvalue weighted by Crippen LogP contribution is -2.49. The molecule has 4 N–H and O–H groups in total. The lowest BCUT2D eigenvalue weighted by Gasteiger charge is -2.20. The SMILES string of the molecule is CC(CN)CNC(=O)C(Cc1ccccc1)NC(=O)c1ccc(Cl)cc1. The van der Waals surface area contributed by atoms with Crippen molar-refractivity contribution in [1.82, 2.24) is 10.6 Å². The number of halogens is 1. The van der Waals surface area contributed by atoms with Crippen LogP contribution in [-0.4, -0.2) is 30.9 Å². The number of carbonyl (C=O) groups excluding carboxylic acids is 2. The second-order valence-corrected chi connectivity index (χ2v) is 6.75. The fourth-order valence-corrected chi connectivity index (χ4v) is 2.51. The van der Waals surface area contributed by atoms with Gasteiger partial charge >= 0.3 is 0 Å². The maximum Gasteiger partial charge on any atom is 0.251 e. The molecular weight excluding hydrogens is 350 g/mol. The van der Waals surface area contributed by atoms with E-state index in [1.54, 1.807) is 24.3 Å². The number of hydrogen-bond donors (Lipinski definition) is 3. The highest BCUT2D eigenvalue weighted by molar-refractivity contribution is 6.30. The van der Waals surface area contributed by atoms with Gasteiger partial charge in [0.2, 0.25) is 5.91 Å². The summed E-state index contributed by atoms with van der Waals surface area (Å²) in [7, 11) is 0. The largest absolute Gasteiger partial charge is 0.354 e. The third kappa shape index (κ3) is 6.17. The summed E-state index contributed by atoms with van der Waals surface area (Å²) >= 11 is 5.86. The van der Waals surface area contributed by atoms with E-state index in [1.165, 1.54) is 0 Å². The van der Waals surface area contributed by atoms with Crippen LogP contribution in [0.5, 0.6) is 0 Å². The van der Waals surface area contributed by atoms with Gasteiger partial charge in [-0.15, -0.1) is 0 Å². The van der Waals surface area contributed by atoms with Crippen molar-refractivity contribution in [2.24, 2.45) is 11.7 Å². The summed E-state index contributed by atoms with van der Waals surface area (Å²) in [5.74, 6) is -0.371. The number of nitrogens with one attached hydrogen (secondary N) is 2. The summed E-state index contributed by atoms with van der Waals surface area (Å²) in [6.45, 7) is 2.91. The number of amides is 2. The molecule has 2 amide bonds. The first-order chi connectivity index (χ1) is 12.5. The highest BCUT2D eigenvalue weighted by Gasteiger charge is 2.22. The van der Waals surface area contributed by atoms with Crippen LogP contribution >= 0.6 is 11.6 Å². The van der Waals surface area contributed by atoms with Gasteiger partial charge < -0.3 is 16.4 Å². The van der Waals surface area contributed by atoms with Crippen molar-refractivity contribution >= 4 is 23.4 Å². The Bertz CT molecular complexity index is 720. The van der Waals surface area contributed by atoms with Gasteiger partial charge in [0, 0.05) is 23.6 Å². The molecule has 0 saturated carbocycles. The van der Waals surface area contributed by atoms with Gasteiger partial charge in [-0.2, -0.15) is 0 Å². The molecular formula is C20H24ClN3O2. The zero-order valence-electron chi connectivity index (χ0n) is 14.7. The predicted molar refractivity (Wildman–Crippen MR) is 104 cm³/mol. The minimum absolute atomic E-state index is 0.170. The second kappa shape index (κ2) is 9.94. The van der Waals surface area contributed by atoms with Crippen molar-refractivity contribution in [2.75, 3.05) is 13.1 Å². The van der Waals surface area contributed by atoms with E-state index in [0.29, 0.717) is 30.1 Å². The van der Waals surface area contributed by atoms with Gasteiger partial charge in [0.05, 0.1) is 0 Å². The summed E-state index contributed by atoms with van der Waals surface area (Å²) < 4.78 is 0. The number of rotatable bonds is 8. The number of benzene rings is 2. The maximum absolute atomic E-state index is 12.6. The molecule has 0 spiro atoms. The molecule has 138 valence electrons. The standard InChI is InChI=1S/C20H24ClN3O2/c1-14(12-22)13-23-20(26)18(11-15-5-3-2-4-6-15)24-19(25)16-7-9-17(21)10-8-16/h2-10,14,18H,11-13,22H2,1H3,(H,23,26)(H,24,25). The van der Waals surface area contributed by atoms with Gasteiger partial charge in [0.1, 0.15) is 6.04 Å². The summed E-state index contributed by atoms with van der Waals surface area (Å²) in [6, 6.07) is 15.5. The van der Waals surface area contributed by atoms with Crippen LogP contribution in [-0.2, 0) is 11.2 Å². The number of hydrogen-bond acceptors (Lipinski definition) is 3. The molecule has 0 fully saturated rings. The first-order valence-electron chi connectivity index (χ1n) is 8.57. The Balaban J connectivity index is 2.09. The van der Waals surface area contributed by atoms with Crippen molar-refractivity contribution in [1.29, 1.82) is 0 Å². The van der Waals surface area contributed by atoms with Gasteiger partial charge in [-0.25, -0.2) is 0 Å². The van der Waals surface area contributed by atoms with Crippen molar-refractivity contribution in [3.63, 3.8) is 0 Å². The van der Waals surface area contributed by atoms with Crippen LogP contribution in [0.1, 0.15) is 22.8 Å². The molecule has 2 atom stereocenters. The first kappa shape index (κ1) is 19.9. The zero-order valence-corrected chi connectivity index (χ0v) is 15.5. The van der Waals surface area contributed by atoms with E-state index in [9.17, 15) is 9.59 Å². The molecule has 0 aliphatic carbocycles. The third-order valence-electron chi connectivity index (χ3n) is 4.04. The summed E-state index contributed by atoms with van der Waals surface area (Å²) in [5.41, 5.74) is 7.02. The summed E-state index contributed by atoms with van der Waals surface area (Å²) in [6.07, 6.45) is 0.406. The van der Waals surface area contributed by atoms with E-state index in [2.05, 4.69) is 10.6 Å². The van der Waals surface area contributed by atoms with E-state index in [1.807, 2.05) is 37.3 Å². The zero-order chi connectivity index (χ0) is 18.9. The van der Waals surface area contributed by atoms with E-state index in [0.717, 1.165) is 5.56 Å². The lowest BCUT2D eigenvalue weighted by molar-refractivity contribution is -0.123. The Morgan fingerprint density at radius 1 is 1.08 bits per heavy atom. The van der Waals surface area contributed by atoms with Crippen LogP contribution in [0.4, 0.5) is 0 Å². The molecule has 2 aromatic carbocycles. The highest BCUT2D eigenvalue weighted by Crippen LogP contribution is 2.10. The summed E-state index contributed by atoms with van der Waals surface area (Å²) in [4.78, 5) is 25.1. The molecule has 0 heterocycles. The molecule has 2 aromatic rings. The smallest absolute Gasteiger partial charge is 0.251 e.